The summed E-state index contributed by atoms with van der Waals surface area (Å²) in [4.78, 5) is 21.4. The molecule has 0 aliphatic heterocycles. The van der Waals surface area contributed by atoms with Crippen molar-refractivity contribution in [2.75, 3.05) is 11.9 Å². The molecule has 1 atom stereocenters. The van der Waals surface area contributed by atoms with E-state index in [-0.39, 0.29) is 41.0 Å². The Hall–Kier alpha value is -3.38. The summed E-state index contributed by atoms with van der Waals surface area (Å²) >= 11 is 0. The largest absolute Gasteiger partial charge is 0.480 e. The van der Waals surface area contributed by atoms with Crippen LogP contribution in [0.2, 0.25) is 0 Å². The molecule has 2 heterocycles. The molecule has 13 heteroatoms. The molecule has 0 spiro atoms. The summed E-state index contributed by atoms with van der Waals surface area (Å²) in [5.41, 5.74) is -4.00. The number of anilines is 1. The molecule has 2 aromatic heterocycles. The number of aromatic nitrogens is 3. The topological polar surface area (TPSA) is 69.0 Å². The molecule has 1 aliphatic rings. The number of alkyl halides is 6. The molecule has 6 nitrogen and oxygen atoms in total. The third-order valence-electron chi connectivity index (χ3n) is 6.06. The van der Waals surface area contributed by atoms with Gasteiger partial charge in [0.25, 0.3) is 24.8 Å². The first-order valence-corrected chi connectivity index (χ1v) is 10.9. The molecule has 0 bridgehead atoms. The first kappa shape index (κ1) is 25.7. The summed E-state index contributed by atoms with van der Waals surface area (Å²) in [6.45, 7) is 1.71. The standard InChI is InChI=1S/C23H21F7N4O2/c1-10(12-4-3-5-13(16(12)26)19(27)28)31-20-14-8-34(23(6-7-23)22(29)30)21(35)18(36-9-15(24)25)17(14)32-11(2)33-20/h3-5,8,10,15,19,22H,6-7,9H2,1-2H3,(H,31,32,33). The van der Waals surface area contributed by atoms with Crippen LogP contribution in [0.5, 0.6) is 5.75 Å². The molecule has 194 valence electrons. The number of halogens is 7. The lowest BCUT2D eigenvalue weighted by molar-refractivity contribution is 0.0626. The van der Waals surface area contributed by atoms with Gasteiger partial charge in [-0.3, -0.25) is 9.36 Å². The Morgan fingerprint density at radius 1 is 1.11 bits per heavy atom. The van der Waals surface area contributed by atoms with Gasteiger partial charge in [-0.1, -0.05) is 18.2 Å². The van der Waals surface area contributed by atoms with Crippen molar-refractivity contribution in [1.29, 1.82) is 0 Å². The second-order valence-electron chi connectivity index (χ2n) is 8.54. The van der Waals surface area contributed by atoms with Gasteiger partial charge in [-0.25, -0.2) is 40.7 Å². The lowest BCUT2D eigenvalue weighted by atomic mass is 10.0. The molecule has 0 saturated heterocycles. The number of nitrogens with zero attached hydrogens (tertiary/aromatic N) is 3. The van der Waals surface area contributed by atoms with Crippen LogP contribution < -0.4 is 15.6 Å². The molecule has 1 aromatic carbocycles. The lowest BCUT2D eigenvalue weighted by Gasteiger charge is -2.22. The van der Waals surface area contributed by atoms with Crippen molar-refractivity contribution in [3.63, 3.8) is 0 Å². The normalized spacial score (nSPS) is 15.7. The number of aryl methyl sites for hydroxylation is 1. The summed E-state index contributed by atoms with van der Waals surface area (Å²) in [5, 5.41) is 2.83. The maximum atomic E-state index is 14.7. The van der Waals surface area contributed by atoms with E-state index in [1.807, 2.05) is 0 Å². The molecule has 1 saturated carbocycles. The number of rotatable bonds is 9. The average Bonchev–Trinajstić information content (AvgIpc) is 3.60. The van der Waals surface area contributed by atoms with Crippen molar-refractivity contribution in [3.8, 4) is 5.75 Å². The van der Waals surface area contributed by atoms with Crippen LogP contribution in [0.25, 0.3) is 10.9 Å². The second kappa shape index (κ2) is 9.58. The number of ether oxygens (including phenoxy) is 1. The minimum absolute atomic E-state index is 0.0198. The minimum Gasteiger partial charge on any atom is -0.480 e. The Kier molecular flexibility index (Phi) is 6.84. The maximum absolute atomic E-state index is 14.7. The summed E-state index contributed by atoms with van der Waals surface area (Å²) in [5.74, 6) is -1.76. The van der Waals surface area contributed by atoms with E-state index in [2.05, 4.69) is 15.3 Å². The molecule has 3 aromatic rings. The van der Waals surface area contributed by atoms with Crippen LogP contribution in [0.15, 0.2) is 29.2 Å². The molecule has 1 unspecified atom stereocenters. The SMILES string of the molecule is Cc1nc(NC(C)c2cccc(C(F)F)c2F)c2cn(C3(C(F)F)CC3)c(=O)c(OCC(F)F)c2n1. The summed E-state index contributed by atoms with van der Waals surface area (Å²) in [7, 11) is 0. The van der Waals surface area contributed by atoms with Crippen molar-refractivity contribution in [2.45, 2.75) is 57.5 Å². The average molecular weight is 518 g/mol. The van der Waals surface area contributed by atoms with Gasteiger partial charge in [0.05, 0.1) is 17.0 Å². The van der Waals surface area contributed by atoms with E-state index in [4.69, 9.17) is 4.74 Å². The smallest absolute Gasteiger partial charge is 0.295 e. The first-order valence-electron chi connectivity index (χ1n) is 10.9. The molecule has 36 heavy (non-hydrogen) atoms. The first-order chi connectivity index (χ1) is 17.0. The third-order valence-corrected chi connectivity index (χ3v) is 6.06. The van der Waals surface area contributed by atoms with Crippen molar-refractivity contribution >= 4 is 16.7 Å². The van der Waals surface area contributed by atoms with Crippen molar-refractivity contribution in [2.24, 2.45) is 0 Å². The van der Waals surface area contributed by atoms with E-state index < -0.39 is 60.2 Å². The van der Waals surface area contributed by atoms with E-state index in [1.165, 1.54) is 26.0 Å². The van der Waals surface area contributed by atoms with Crippen LogP contribution >= 0.6 is 0 Å². The van der Waals surface area contributed by atoms with Crippen LogP contribution in [0.3, 0.4) is 0 Å². The van der Waals surface area contributed by atoms with Crippen LogP contribution in [-0.2, 0) is 5.54 Å². The fourth-order valence-electron chi connectivity index (χ4n) is 4.04. The van der Waals surface area contributed by atoms with Gasteiger partial charge >= 0.3 is 0 Å². The van der Waals surface area contributed by atoms with Gasteiger partial charge in [0.2, 0.25) is 5.75 Å². The summed E-state index contributed by atoms with van der Waals surface area (Å²) in [6, 6.07) is 2.55. The Morgan fingerprint density at radius 3 is 2.36 bits per heavy atom. The minimum atomic E-state index is -3.05. The molecule has 1 aliphatic carbocycles. The number of fused-ring (bicyclic) bond motifs is 1. The zero-order valence-electron chi connectivity index (χ0n) is 19.0. The van der Waals surface area contributed by atoms with Crippen LogP contribution in [0.1, 0.15) is 49.2 Å². The predicted molar refractivity (Wildman–Crippen MR) is 117 cm³/mol. The van der Waals surface area contributed by atoms with Crippen molar-refractivity contribution in [1.82, 2.24) is 14.5 Å². The van der Waals surface area contributed by atoms with E-state index in [1.54, 1.807) is 0 Å². The van der Waals surface area contributed by atoms with E-state index in [0.717, 1.165) is 16.8 Å². The number of pyridine rings is 1. The van der Waals surface area contributed by atoms with Gasteiger partial charge < -0.3 is 10.1 Å². The lowest BCUT2D eigenvalue weighted by Crippen LogP contribution is -2.36. The molecular formula is C23H21F7N4O2. The molecular weight excluding hydrogens is 497 g/mol. The number of benzene rings is 1. The Labute approximate surface area is 200 Å². The zero-order valence-corrected chi connectivity index (χ0v) is 19.0. The Bertz CT molecular complexity index is 1340. The van der Waals surface area contributed by atoms with Gasteiger partial charge in [0.1, 0.15) is 35.1 Å². The van der Waals surface area contributed by atoms with Crippen LogP contribution in [-0.4, -0.2) is 34.0 Å². The Morgan fingerprint density at radius 2 is 1.78 bits per heavy atom. The highest BCUT2D eigenvalue weighted by Crippen LogP contribution is 2.48. The van der Waals surface area contributed by atoms with Crippen molar-refractivity contribution < 1.29 is 35.5 Å². The van der Waals surface area contributed by atoms with Gasteiger partial charge in [-0.2, -0.15) is 0 Å². The van der Waals surface area contributed by atoms with Gasteiger partial charge in [0.15, 0.2) is 0 Å². The number of hydrogen-bond acceptors (Lipinski definition) is 5. The molecule has 4 rings (SSSR count). The predicted octanol–water partition coefficient (Wildman–Crippen LogP) is 5.75. The van der Waals surface area contributed by atoms with E-state index in [0.29, 0.717) is 0 Å². The fourth-order valence-corrected chi connectivity index (χ4v) is 4.04. The number of nitrogens with one attached hydrogen (secondary N) is 1. The third kappa shape index (κ3) is 4.58. The van der Waals surface area contributed by atoms with Gasteiger partial charge in [-0.15, -0.1) is 0 Å². The van der Waals surface area contributed by atoms with Gasteiger partial charge in [0, 0.05) is 11.8 Å². The molecule has 0 radical (unpaired) electrons. The zero-order chi connectivity index (χ0) is 26.4. The van der Waals surface area contributed by atoms with Crippen molar-refractivity contribution in [3.05, 3.63) is 57.5 Å². The molecule has 1 fully saturated rings. The van der Waals surface area contributed by atoms with Gasteiger partial charge in [-0.05, 0) is 26.7 Å². The molecule has 1 N–H and O–H groups in total. The number of hydrogen-bond donors (Lipinski definition) is 1. The quantitative estimate of drug-likeness (QED) is 0.366. The highest BCUT2D eigenvalue weighted by molar-refractivity contribution is 5.92. The Balaban J connectivity index is 1.88. The van der Waals surface area contributed by atoms with E-state index in [9.17, 15) is 35.5 Å². The fraction of sp³-hybridized carbons (Fsp3) is 0.435. The molecule has 0 amide bonds. The van der Waals surface area contributed by atoms with Crippen LogP contribution in [0, 0.1) is 12.7 Å². The highest BCUT2D eigenvalue weighted by atomic mass is 19.3. The highest BCUT2D eigenvalue weighted by Gasteiger charge is 2.54. The monoisotopic (exact) mass is 518 g/mol. The summed E-state index contributed by atoms with van der Waals surface area (Å²) < 4.78 is 100. The second-order valence-corrected chi connectivity index (χ2v) is 8.54. The maximum Gasteiger partial charge on any atom is 0.295 e. The summed E-state index contributed by atoms with van der Waals surface area (Å²) in [6.07, 6.45) is -7.89. The van der Waals surface area contributed by atoms with E-state index >= 15 is 0 Å². The van der Waals surface area contributed by atoms with Crippen LogP contribution in [0.4, 0.5) is 36.6 Å².